The molecule has 1 aromatic carbocycles. The summed E-state index contributed by atoms with van der Waals surface area (Å²) >= 11 is 11.9. The molecular weight excluding hydrogens is 309 g/mol. The van der Waals surface area contributed by atoms with Crippen LogP contribution in [0, 0.1) is 6.92 Å². The number of hydrogen-bond donors (Lipinski definition) is 3. The Kier molecular flexibility index (Phi) is 4.88. The highest BCUT2D eigenvalue weighted by atomic mass is 35.5. The molecule has 0 fully saturated rings. The number of nitrogens with one attached hydrogen (secondary N) is 2. The van der Waals surface area contributed by atoms with Gasteiger partial charge in [0.25, 0.3) is 0 Å². The number of benzene rings is 1. The summed E-state index contributed by atoms with van der Waals surface area (Å²) in [5, 5.41) is 4.21. The molecule has 0 aliphatic heterocycles. The molecule has 0 saturated carbocycles. The molecule has 112 valence electrons. The third-order valence-electron chi connectivity index (χ3n) is 3.00. The molecule has 0 amide bonds. The molecule has 0 saturated heterocycles. The van der Waals surface area contributed by atoms with E-state index in [2.05, 4.69) is 20.7 Å². The summed E-state index contributed by atoms with van der Waals surface area (Å²) in [5.41, 5.74) is 4.22. The van der Waals surface area contributed by atoms with Crippen LogP contribution in [0.3, 0.4) is 0 Å². The molecule has 2 rings (SSSR count). The monoisotopic (exact) mass is 325 g/mol. The Bertz CT molecular complexity index is 658. The van der Waals surface area contributed by atoms with Crippen molar-refractivity contribution in [2.75, 3.05) is 10.7 Å². The summed E-state index contributed by atoms with van der Waals surface area (Å²) < 4.78 is 0. The first-order valence-electron chi connectivity index (χ1n) is 6.49. The maximum absolute atomic E-state index is 6.02. The molecule has 0 aliphatic carbocycles. The van der Waals surface area contributed by atoms with Crippen molar-refractivity contribution in [3.05, 3.63) is 39.6 Å². The van der Waals surface area contributed by atoms with Crippen molar-refractivity contribution < 1.29 is 0 Å². The van der Waals surface area contributed by atoms with Gasteiger partial charge in [-0.2, -0.15) is 0 Å². The molecule has 0 atom stereocenters. The molecule has 0 aliphatic rings. The van der Waals surface area contributed by atoms with Gasteiger partial charge in [0.05, 0.1) is 10.0 Å². The van der Waals surface area contributed by atoms with Crippen molar-refractivity contribution in [3.8, 4) is 0 Å². The second-order valence-corrected chi connectivity index (χ2v) is 5.77. The summed E-state index contributed by atoms with van der Waals surface area (Å²) in [4.78, 5) is 8.92. The predicted molar refractivity (Wildman–Crippen MR) is 88.4 cm³/mol. The number of nitrogens with zero attached hydrogens (tertiary/aromatic N) is 2. The van der Waals surface area contributed by atoms with Crippen LogP contribution in [-0.4, -0.2) is 9.97 Å². The summed E-state index contributed by atoms with van der Waals surface area (Å²) in [5.74, 6) is 7.69. The molecule has 1 heterocycles. The van der Waals surface area contributed by atoms with E-state index in [0.717, 1.165) is 11.3 Å². The number of aromatic nitrogens is 2. The highest BCUT2D eigenvalue weighted by molar-refractivity contribution is 6.42. The van der Waals surface area contributed by atoms with E-state index in [1.807, 2.05) is 26.8 Å². The van der Waals surface area contributed by atoms with Gasteiger partial charge in [-0.05, 0) is 25.1 Å². The van der Waals surface area contributed by atoms with Crippen molar-refractivity contribution in [2.45, 2.75) is 26.7 Å². The summed E-state index contributed by atoms with van der Waals surface area (Å²) in [6.07, 6.45) is 0. The number of hydrogen-bond acceptors (Lipinski definition) is 5. The van der Waals surface area contributed by atoms with Crippen LogP contribution in [0.2, 0.25) is 10.0 Å². The van der Waals surface area contributed by atoms with Gasteiger partial charge < -0.3 is 10.7 Å². The average Bonchev–Trinajstić information content (AvgIpc) is 2.44. The van der Waals surface area contributed by atoms with E-state index in [-0.39, 0.29) is 5.92 Å². The third-order valence-corrected chi connectivity index (χ3v) is 3.74. The van der Waals surface area contributed by atoms with Gasteiger partial charge in [-0.15, -0.1) is 0 Å². The Hall–Kier alpha value is -1.56. The van der Waals surface area contributed by atoms with Gasteiger partial charge in [-0.1, -0.05) is 37.0 Å². The van der Waals surface area contributed by atoms with Crippen LogP contribution < -0.4 is 16.6 Å². The Balaban J connectivity index is 2.42. The second-order valence-electron chi connectivity index (χ2n) is 4.96. The van der Waals surface area contributed by atoms with Gasteiger partial charge in [0.1, 0.15) is 17.5 Å². The molecule has 0 bridgehead atoms. The van der Waals surface area contributed by atoms with Crippen molar-refractivity contribution in [2.24, 2.45) is 5.84 Å². The zero-order valence-corrected chi connectivity index (χ0v) is 13.5. The van der Waals surface area contributed by atoms with Gasteiger partial charge in [0.15, 0.2) is 0 Å². The quantitative estimate of drug-likeness (QED) is 0.578. The minimum Gasteiger partial charge on any atom is -0.340 e. The van der Waals surface area contributed by atoms with E-state index in [4.69, 9.17) is 29.0 Å². The topological polar surface area (TPSA) is 75.9 Å². The molecule has 21 heavy (non-hydrogen) atoms. The smallest absolute Gasteiger partial charge is 0.148 e. The average molecular weight is 326 g/mol. The van der Waals surface area contributed by atoms with Gasteiger partial charge in [-0.3, -0.25) is 0 Å². The Labute approximate surface area is 133 Å². The lowest BCUT2D eigenvalue weighted by Crippen LogP contribution is -2.14. The molecule has 0 radical (unpaired) electrons. The molecule has 7 heteroatoms. The van der Waals surface area contributed by atoms with E-state index in [9.17, 15) is 0 Å². The third kappa shape index (κ3) is 3.56. The van der Waals surface area contributed by atoms with E-state index in [0.29, 0.717) is 27.5 Å². The van der Waals surface area contributed by atoms with Crippen molar-refractivity contribution in [1.29, 1.82) is 0 Å². The van der Waals surface area contributed by atoms with E-state index in [1.165, 1.54) is 0 Å². The van der Waals surface area contributed by atoms with Crippen molar-refractivity contribution >= 4 is 40.5 Å². The van der Waals surface area contributed by atoms with E-state index >= 15 is 0 Å². The fourth-order valence-corrected chi connectivity index (χ4v) is 2.06. The zero-order chi connectivity index (χ0) is 15.6. The van der Waals surface area contributed by atoms with Crippen LogP contribution in [0.4, 0.5) is 17.3 Å². The lowest BCUT2D eigenvalue weighted by Gasteiger charge is -2.15. The Morgan fingerprint density at radius 2 is 1.76 bits per heavy atom. The molecule has 5 nitrogen and oxygen atoms in total. The first-order valence-corrected chi connectivity index (χ1v) is 7.25. The number of nitrogens with two attached hydrogens (primary N) is 1. The maximum atomic E-state index is 6.02. The van der Waals surface area contributed by atoms with Gasteiger partial charge >= 0.3 is 0 Å². The van der Waals surface area contributed by atoms with Gasteiger partial charge in [-0.25, -0.2) is 15.8 Å². The minimum atomic E-state index is 0.187. The fourth-order valence-electron chi connectivity index (χ4n) is 1.76. The standard InChI is InChI=1S/C14H17Cl2N5/c1-7(2)12-19-13(8(3)14(20-12)21-17)18-9-4-5-10(15)11(16)6-9/h4-7H,17H2,1-3H3,(H2,18,19,20,21). The molecule has 1 aromatic heterocycles. The van der Waals surface area contributed by atoms with Crippen LogP contribution in [0.5, 0.6) is 0 Å². The molecular formula is C14H17Cl2N5. The fraction of sp³-hybridized carbons (Fsp3) is 0.286. The lowest BCUT2D eigenvalue weighted by molar-refractivity contribution is 0.774. The minimum absolute atomic E-state index is 0.187. The zero-order valence-electron chi connectivity index (χ0n) is 12.0. The number of nitrogen functional groups attached to an aromatic ring is 1. The number of anilines is 3. The number of halogens is 2. The van der Waals surface area contributed by atoms with E-state index < -0.39 is 0 Å². The number of rotatable bonds is 4. The van der Waals surface area contributed by atoms with Crippen molar-refractivity contribution in [3.63, 3.8) is 0 Å². The summed E-state index contributed by atoms with van der Waals surface area (Å²) in [6.45, 7) is 5.93. The Morgan fingerprint density at radius 1 is 1.10 bits per heavy atom. The van der Waals surface area contributed by atoms with Crippen LogP contribution in [0.15, 0.2) is 18.2 Å². The molecule has 2 aromatic rings. The van der Waals surface area contributed by atoms with Crippen LogP contribution in [0.1, 0.15) is 31.2 Å². The summed E-state index contributed by atoms with van der Waals surface area (Å²) in [6, 6.07) is 5.31. The van der Waals surface area contributed by atoms with E-state index in [1.54, 1.807) is 12.1 Å². The van der Waals surface area contributed by atoms with Gasteiger partial charge in [0, 0.05) is 17.2 Å². The van der Waals surface area contributed by atoms with Gasteiger partial charge in [0.2, 0.25) is 0 Å². The SMILES string of the molecule is Cc1c(NN)nc(C(C)C)nc1Nc1ccc(Cl)c(Cl)c1. The van der Waals surface area contributed by atoms with Crippen LogP contribution in [-0.2, 0) is 0 Å². The molecule has 0 spiro atoms. The highest BCUT2D eigenvalue weighted by Gasteiger charge is 2.13. The lowest BCUT2D eigenvalue weighted by atomic mass is 10.2. The molecule has 0 unspecified atom stereocenters. The first kappa shape index (κ1) is 15.8. The number of hydrazine groups is 1. The van der Waals surface area contributed by atoms with Crippen LogP contribution >= 0.6 is 23.2 Å². The largest absolute Gasteiger partial charge is 0.340 e. The normalized spacial score (nSPS) is 10.8. The predicted octanol–water partition coefficient (Wildman–Crippen LogP) is 4.24. The second kappa shape index (κ2) is 6.47. The Morgan fingerprint density at radius 3 is 2.33 bits per heavy atom. The van der Waals surface area contributed by atoms with Crippen LogP contribution in [0.25, 0.3) is 0 Å². The van der Waals surface area contributed by atoms with Crippen molar-refractivity contribution in [1.82, 2.24) is 9.97 Å². The summed E-state index contributed by atoms with van der Waals surface area (Å²) in [7, 11) is 0. The highest BCUT2D eigenvalue weighted by Crippen LogP contribution is 2.29. The maximum Gasteiger partial charge on any atom is 0.148 e. The first-order chi connectivity index (χ1) is 9.92. The molecule has 4 N–H and O–H groups in total.